The molecule has 98 valence electrons. The van der Waals surface area contributed by atoms with Crippen LogP contribution in [0.5, 0.6) is 0 Å². The van der Waals surface area contributed by atoms with E-state index in [0.717, 1.165) is 0 Å². The van der Waals surface area contributed by atoms with Crippen molar-refractivity contribution in [2.75, 3.05) is 18.9 Å². The zero-order valence-electron chi connectivity index (χ0n) is 11.0. The van der Waals surface area contributed by atoms with Crippen molar-refractivity contribution >= 4 is 10.0 Å². The fourth-order valence-electron chi connectivity index (χ4n) is 0.874. The lowest BCUT2D eigenvalue weighted by molar-refractivity contribution is 0.163. The lowest BCUT2D eigenvalue weighted by Gasteiger charge is -2.23. The van der Waals surface area contributed by atoms with Gasteiger partial charge in [-0.05, 0) is 11.8 Å². The summed E-state index contributed by atoms with van der Waals surface area (Å²) in [6.45, 7) is 9.92. The molecule has 4 nitrogen and oxygen atoms in total. The minimum Gasteiger partial charge on any atom is -0.396 e. The summed E-state index contributed by atoms with van der Waals surface area (Å²) in [4.78, 5) is 0. The van der Waals surface area contributed by atoms with Gasteiger partial charge in [-0.1, -0.05) is 34.6 Å². The Hall–Kier alpha value is -0.130. The van der Waals surface area contributed by atoms with Gasteiger partial charge < -0.3 is 5.11 Å². The molecule has 0 aromatic heterocycles. The Bertz CT molecular complexity index is 302. The van der Waals surface area contributed by atoms with E-state index in [1.807, 2.05) is 34.6 Å². The molecule has 0 aliphatic carbocycles. The number of hydrogen-bond acceptors (Lipinski definition) is 3. The first-order valence-electron chi connectivity index (χ1n) is 5.56. The maximum atomic E-state index is 11.6. The van der Waals surface area contributed by atoms with E-state index in [1.54, 1.807) is 0 Å². The van der Waals surface area contributed by atoms with Crippen LogP contribution in [-0.2, 0) is 10.0 Å². The topological polar surface area (TPSA) is 66.4 Å². The second-order valence-corrected chi connectivity index (χ2v) is 8.20. The normalized spacial score (nSPS) is 14.1. The van der Waals surface area contributed by atoms with Crippen LogP contribution in [0.25, 0.3) is 0 Å². The molecule has 0 saturated carbocycles. The van der Waals surface area contributed by atoms with Crippen molar-refractivity contribution < 1.29 is 13.5 Å². The smallest absolute Gasteiger partial charge is 0.211 e. The van der Waals surface area contributed by atoms with E-state index in [9.17, 15) is 8.42 Å². The van der Waals surface area contributed by atoms with E-state index in [-0.39, 0.29) is 24.3 Å². The van der Waals surface area contributed by atoms with Gasteiger partial charge in [-0.25, -0.2) is 13.1 Å². The number of nitrogens with one attached hydrogen (secondary N) is 1. The van der Waals surface area contributed by atoms with Crippen LogP contribution in [0.3, 0.4) is 0 Å². The summed E-state index contributed by atoms with van der Waals surface area (Å²) in [5.41, 5.74) is -0.393. The predicted molar refractivity (Wildman–Crippen MR) is 66.7 cm³/mol. The predicted octanol–water partition coefficient (Wildman–Crippen LogP) is 1.36. The van der Waals surface area contributed by atoms with Gasteiger partial charge in [-0.3, -0.25) is 0 Å². The van der Waals surface area contributed by atoms with Crippen molar-refractivity contribution in [1.29, 1.82) is 0 Å². The van der Waals surface area contributed by atoms with Crippen LogP contribution < -0.4 is 4.72 Å². The van der Waals surface area contributed by atoms with Gasteiger partial charge in [0.15, 0.2) is 0 Å². The SMILES string of the molecule is CC(C)(C)CCS(=O)(=O)NCC(C)(C)CO. The first-order valence-corrected chi connectivity index (χ1v) is 7.21. The highest BCUT2D eigenvalue weighted by Crippen LogP contribution is 2.19. The van der Waals surface area contributed by atoms with Gasteiger partial charge in [0, 0.05) is 18.6 Å². The number of aliphatic hydroxyl groups excluding tert-OH is 1. The molecule has 0 saturated heterocycles. The maximum absolute atomic E-state index is 11.6. The highest BCUT2D eigenvalue weighted by molar-refractivity contribution is 7.89. The third-order valence-corrected chi connectivity index (χ3v) is 3.65. The minimum absolute atomic E-state index is 0.0151. The summed E-state index contributed by atoms with van der Waals surface area (Å²) in [5.74, 6) is 0.137. The van der Waals surface area contributed by atoms with E-state index >= 15 is 0 Å². The lowest BCUT2D eigenvalue weighted by Crippen LogP contribution is -2.37. The molecule has 0 aliphatic rings. The van der Waals surface area contributed by atoms with E-state index in [4.69, 9.17) is 5.11 Å². The van der Waals surface area contributed by atoms with Crippen LogP contribution in [0.4, 0.5) is 0 Å². The van der Waals surface area contributed by atoms with Crippen molar-refractivity contribution in [2.24, 2.45) is 10.8 Å². The molecule has 0 rings (SSSR count). The largest absolute Gasteiger partial charge is 0.396 e. The summed E-state index contributed by atoms with van der Waals surface area (Å²) in [6.07, 6.45) is 0.627. The van der Waals surface area contributed by atoms with Crippen LogP contribution in [0.2, 0.25) is 0 Å². The molecular weight excluding hydrogens is 226 g/mol. The molecule has 0 unspecified atom stereocenters. The van der Waals surface area contributed by atoms with Crippen molar-refractivity contribution in [1.82, 2.24) is 4.72 Å². The third kappa shape index (κ3) is 8.07. The average Bonchev–Trinajstić information content (AvgIpc) is 2.12. The summed E-state index contributed by atoms with van der Waals surface area (Å²) in [5, 5.41) is 9.02. The highest BCUT2D eigenvalue weighted by atomic mass is 32.2. The van der Waals surface area contributed by atoms with Crippen LogP contribution in [0, 0.1) is 10.8 Å². The molecule has 0 radical (unpaired) electrons. The average molecular weight is 251 g/mol. The van der Waals surface area contributed by atoms with Crippen LogP contribution in [0.1, 0.15) is 41.0 Å². The molecule has 0 amide bonds. The summed E-state index contributed by atoms with van der Waals surface area (Å²) in [7, 11) is -3.22. The molecule has 16 heavy (non-hydrogen) atoms. The molecule has 0 aromatic rings. The lowest BCUT2D eigenvalue weighted by atomic mass is 9.94. The minimum atomic E-state index is -3.22. The van der Waals surface area contributed by atoms with Crippen molar-refractivity contribution in [2.45, 2.75) is 41.0 Å². The van der Waals surface area contributed by atoms with Gasteiger partial charge in [0.25, 0.3) is 0 Å². The fourth-order valence-corrected chi connectivity index (χ4v) is 2.51. The number of hydrogen-bond donors (Lipinski definition) is 2. The molecule has 0 spiro atoms. The van der Waals surface area contributed by atoms with Gasteiger partial charge in [-0.15, -0.1) is 0 Å². The zero-order chi connectivity index (χ0) is 13.0. The first-order chi connectivity index (χ1) is 6.97. The van der Waals surface area contributed by atoms with Crippen molar-refractivity contribution in [3.63, 3.8) is 0 Å². The summed E-state index contributed by atoms with van der Waals surface area (Å²) < 4.78 is 25.8. The molecule has 0 aromatic carbocycles. The van der Waals surface area contributed by atoms with Gasteiger partial charge in [-0.2, -0.15) is 0 Å². The third-order valence-electron chi connectivity index (χ3n) is 2.32. The monoisotopic (exact) mass is 251 g/mol. The molecule has 0 heterocycles. The fraction of sp³-hybridized carbons (Fsp3) is 1.00. The molecule has 0 aliphatic heterocycles. The van der Waals surface area contributed by atoms with E-state index < -0.39 is 15.4 Å². The number of rotatable bonds is 6. The van der Waals surface area contributed by atoms with Crippen LogP contribution in [-0.4, -0.2) is 32.4 Å². The van der Waals surface area contributed by atoms with Crippen LogP contribution in [0.15, 0.2) is 0 Å². The quantitative estimate of drug-likeness (QED) is 0.749. The maximum Gasteiger partial charge on any atom is 0.211 e. The Morgan fingerprint density at radius 1 is 1.12 bits per heavy atom. The standard InChI is InChI=1S/C11H25NO3S/c1-10(2,3)6-7-16(14,15)12-8-11(4,5)9-13/h12-13H,6-9H2,1-5H3. The van der Waals surface area contributed by atoms with E-state index in [1.165, 1.54) is 0 Å². The summed E-state index contributed by atoms with van der Waals surface area (Å²) >= 11 is 0. The van der Waals surface area contributed by atoms with Crippen LogP contribution >= 0.6 is 0 Å². The van der Waals surface area contributed by atoms with Gasteiger partial charge in [0.1, 0.15) is 0 Å². The molecule has 0 atom stereocenters. The molecule has 5 heteroatoms. The Balaban J connectivity index is 4.18. The van der Waals surface area contributed by atoms with Gasteiger partial charge >= 0.3 is 0 Å². The number of sulfonamides is 1. The number of aliphatic hydroxyl groups is 1. The Kier molecular flexibility index (Phi) is 5.42. The Labute approximate surface area is 99.5 Å². The van der Waals surface area contributed by atoms with E-state index in [0.29, 0.717) is 6.42 Å². The van der Waals surface area contributed by atoms with E-state index in [2.05, 4.69) is 4.72 Å². The Morgan fingerprint density at radius 2 is 1.62 bits per heavy atom. The van der Waals surface area contributed by atoms with Crippen molar-refractivity contribution in [3.05, 3.63) is 0 Å². The molecular formula is C11H25NO3S. The zero-order valence-corrected chi connectivity index (χ0v) is 11.8. The second kappa shape index (κ2) is 5.47. The first kappa shape index (κ1) is 15.9. The second-order valence-electron chi connectivity index (χ2n) is 6.27. The summed E-state index contributed by atoms with van der Waals surface area (Å²) in [6, 6.07) is 0. The van der Waals surface area contributed by atoms with Crippen molar-refractivity contribution in [3.8, 4) is 0 Å². The molecule has 0 fully saturated rings. The highest BCUT2D eigenvalue weighted by Gasteiger charge is 2.22. The molecule has 2 N–H and O–H groups in total. The van der Waals surface area contributed by atoms with Gasteiger partial charge in [0.05, 0.1) is 5.75 Å². The van der Waals surface area contributed by atoms with Gasteiger partial charge in [0.2, 0.25) is 10.0 Å². The Morgan fingerprint density at radius 3 is 2.00 bits per heavy atom. The molecule has 0 bridgehead atoms.